The van der Waals surface area contributed by atoms with Crippen LogP contribution in [-0.2, 0) is 4.79 Å². The number of likely N-dealkylation sites (N-methyl/N-ethyl adjacent to an activating group) is 1. The summed E-state index contributed by atoms with van der Waals surface area (Å²) in [6.07, 6.45) is 2.13. The van der Waals surface area contributed by atoms with E-state index in [0.29, 0.717) is 11.5 Å². The Labute approximate surface area is 103 Å². The fraction of sp³-hybridized carbons (Fsp3) is 0.818. The lowest BCUT2D eigenvalue weighted by Gasteiger charge is -2.32. The number of likely N-dealkylation sites (tertiary alicyclic amines) is 1. The number of carbonyl (C=O) groups excluding carboxylic acids is 1. The van der Waals surface area contributed by atoms with E-state index in [4.69, 9.17) is 18.0 Å². The van der Waals surface area contributed by atoms with Crippen LogP contribution < -0.4 is 5.73 Å². The first kappa shape index (κ1) is 13.4. The van der Waals surface area contributed by atoms with Gasteiger partial charge in [-0.25, -0.2) is 0 Å². The molecule has 4 nitrogen and oxygen atoms in total. The summed E-state index contributed by atoms with van der Waals surface area (Å²) in [6, 6.07) is 0. The van der Waals surface area contributed by atoms with Crippen LogP contribution in [0, 0.1) is 5.92 Å². The standard InChI is InChI=1S/C11H21N3OS/c1-3-13(2)10(15)8-14-6-4-5-9(7-14)11(12)16/h9H,3-8H2,1-2H3,(H2,12,16). The number of piperidine rings is 1. The van der Waals surface area contributed by atoms with E-state index in [1.54, 1.807) is 4.90 Å². The zero-order valence-corrected chi connectivity index (χ0v) is 10.9. The molecule has 1 aliphatic rings. The van der Waals surface area contributed by atoms with Gasteiger partial charge < -0.3 is 10.6 Å². The Hall–Kier alpha value is -0.680. The van der Waals surface area contributed by atoms with E-state index in [1.165, 1.54) is 0 Å². The smallest absolute Gasteiger partial charge is 0.236 e. The number of rotatable bonds is 4. The molecule has 1 aliphatic heterocycles. The Morgan fingerprint density at radius 3 is 2.88 bits per heavy atom. The summed E-state index contributed by atoms with van der Waals surface area (Å²) in [5, 5.41) is 0. The van der Waals surface area contributed by atoms with Gasteiger partial charge in [-0.1, -0.05) is 12.2 Å². The highest BCUT2D eigenvalue weighted by atomic mass is 32.1. The summed E-state index contributed by atoms with van der Waals surface area (Å²) in [5.74, 6) is 0.453. The van der Waals surface area contributed by atoms with Crippen molar-refractivity contribution in [2.45, 2.75) is 19.8 Å². The number of hydrogen-bond donors (Lipinski definition) is 1. The van der Waals surface area contributed by atoms with Crippen molar-refractivity contribution < 1.29 is 4.79 Å². The van der Waals surface area contributed by atoms with Gasteiger partial charge >= 0.3 is 0 Å². The highest BCUT2D eigenvalue weighted by Crippen LogP contribution is 2.16. The molecular weight excluding hydrogens is 222 g/mol. The minimum absolute atomic E-state index is 0.172. The molecule has 1 rings (SSSR count). The Kier molecular flexibility index (Phi) is 5.15. The van der Waals surface area contributed by atoms with E-state index in [1.807, 2.05) is 14.0 Å². The summed E-state index contributed by atoms with van der Waals surface area (Å²) < 4.78 is 0. The summed E-state index contributed by atoms with van der Waals surface area (Å²) in [6.45, 7) is 5.03. The maximum Gasteiger partial charge on any atom is 0.236 e. The van der Waals surface area contributed by atoms with Crippen molar-refractivity contribution in [2.75, 3.05) is 33.2 Å². The summed E-state index contributed by atoms with van der Waals surface area (Å²) in [7, 11) is 1.83. The maximum atomic E-state index is 11.7. The van der Waals surface area contributed by atoms with Gasteiger partial charge in [0.1, 0.15) is 0 Å². The van der Waals surface area contributed by atoms with E-state index < -0.39 is 0 Å². The molecule has 0 aromatic rings. The Morgan fingerprint density at radius 1 is 1.62 bits per heavy atom. The monoisotopic (exact) mass is 243 g/mol. The number of thiocarbonyl (C=S) groups is 1. The molecule has 2 N–H and O–H groups in total. The van der Waals surface area contributed by atoms with Crippen molar-refractivity contribution in [3.8, 4) is 0 Å². The van der Waals surface area contributed by atoms with Crippen LogP contribution in [0.15, 0.2) is 0 Å². The van der Waals surface area contributed by atoms with Gasteiger partial charge in [0.2, 0.25) is 5.91 Å². The highest BCUT2D eigenvalue weighted by Gasteiger charge is 2.23. The first-order valence-corrected chi connectivity index (χ1v) is 6.21. The topological polar surface area (TPSA) is 49.6 Å². The summed E-state index contributed by atoms with van der Waals surface area (Å²) >= 11 is 5.01. The SMILES string of the molecule is CCN(C)C(=O)CN1CCCC(C(N)=S)C1. The second kappa shape index (κ2) is 6.15. The highest BCUT2D eigenvalue weighted by molar-refractivity contribution is 7.80. The second-order valence-corrected chi connectivity index (χ2v) is 4.86. The molecule has 1 fully saturated rings. The van der Waals surface area contributed by atoms with Crippen LogP contribution in [0.5, 0.6) is 0 Å². The average molecular weight is 243 g/mol. The van der Waals surface area contributed by atoms with Crippen LogP contribution in [0.1, 0.15) is 19.8 Å². The Bertz CT molecular complexity index is 270. The molecule has 0 radical (unpaired) electrons. The van der Waals surface area contributed by atoms with E-state index in [-0.39, 0.29) is 11.8 Å². The third-order valence-electron chi connectivity index (χ3n) is 3.17. The molecule has 1 heterocycles. The van der Waals surface area contributed by atoms with Gasteiger partial charge in [-0.2, -0.15) is 0 Å². The molecule has 0 aromatic heterocycles. The Balaban J connectivity index is 2.43. The van der Waals surface area contributed by atoms with Crippen molar-refractivity contribution in [1.82, 2.24) is 9.80 Å². The molecule has 5 heteroatoms. The first-order valence-electron chi connectivity index (χ1n) is 5.80. The predicted molar refractivity (Wildman–Crippen MR) is 69.3 cm³/mol. The van der Waals surface area contributed by atoms with Crippen LogP contribution in [0.25, 0.3) is 0 Å². The molecule has 0 spiro atoms. The lowest BCUT2D eigenvalue weighted by atomic mass is 9.98. The predicted octanol–water partition coefficient (Wildman–Crippen LogP) is 0.463. The van der Waals surface area contributed by atoms with Crippen LogP contribution in [0.3, 0.4) is 0 Å². The molecule has 0 aliphatic carbocycles. The largest absolute Gasteiger partial charge is 0.393 e. The number of carbonyl (C=O) groups is 1. The van der Waals surface area contributed by atoms with E-state index >= 15 is 0 Å². The molecular formula is C11H21N3OS. The lowest BCUT2D eigenvalue weighted by Crippen LogP contribution is -2.45. The van der Waals surface area contributed by atoms with Gasteiger partial charge in [-0.15, -0.1) is 0 Å². The van der Waals surface area contributed by atoms with E-state index in [0.717, 1.165) is 32.5 Å². The van der Waals surface area contributed by atoms with Gasteiger partial charge in [0.15, 0.2) is 0 Å². The van der Waals surface area contributed by atoms with Crippen LogP contribution >= 0.6 is 12.2 Å². The molecule has 0 saturated carbocycles. The molecule has 16 heavy (non-hydrogen) atoms. The van der Waals surface area contributed by atoms with Crippen molar-refractivity contribution in [3.63, 3.8) is 0 Å². The summed E-state index contributed by atoms with van der Waals surface area (Å²) in [4.78, 5) is 16.2. The van der Waals surface area contributed by atoms with Crippen molar-refractivity contribution in [2.24, 2.45) is 11.7 Å². The van der Waals surface area contributed by atoms with Gasteiger partial charge in [-0.05, 0) is 26.3 Å². The van der Waals surface area contributed by atoms with Crippen LogP contribution in [-0.4, -0.2) is 53.9 Å². The van der Waals surface area contributed by atoms with Crippen LogP contribution in [0.2, 0.25) is 0 Å². The molecule has 1 atom stereocenters. The first-order chi connectivity index (χ1) is 7.54. The number of nitrogens with two attached hydrogens (primary N) is 1. The maximum absolute atomic E-state index is 11.7. The number of nitrogens with zero attached hydrogens (tertiary/aromatic N) is 2. The third kappa shape index (κ3) is 3.72. The molecule has 0 bridgehead atoms. The zero-order valence-electron chi connectivity index (χ0n) is 10.1. The van der Waals surface area contributed by atoms with Gasteiger partial charge in [0, 0.05) is 26.1 Å². The normalized spacial score (nSPS) is 21.8. The minimum Gasteiger partial charge on any atom is -0.393 e. The molecule has 92 valence electrons. The second-order valence-electron chi connectivity index (χ2n) is 4.38. The van der Waals surface area contributed by atoms with Crippen molar-refractivity contribution in [1.29, 1.82) is 0 Å². The number of amides is 1. The third-order valence-corrected chi connectivity index (χ3v) is 3.50. The molecule has 0 aromatic carbocycles. The van der Waals surface area contributed by atoms with Gasteiger partial charge in [0.05, 0.1) is 11.5 Å². The summed E-state index contributed by atoms with van der Waals surface area (Å²) in [5.41, 5.74) is 5.66. The molecule has 1 amide bonds. The van der Waals surface area contributed by atoms with Crippen LogP contribution in [0.4, 0.5) is 0 Å². The molecule has 1 saturated heterocycles. The zero-order chi connectivity index (χ0) is 12.1. The van der Waals surface area contributed by atoms with E-state index in [9.17, 15) is 4.79 Å². The van der Waals surface area contributed by atoms with Crippen molar-refractivity contribution >= 4 is 23.1 Å². The Morgan fingerprint density at radius 2 is 2.31 bits per heavy atom. The lowest BCUT2D eigenvalue weighted by molar-refractivity contribution is -0.131. The average Bonchev–Trinajstić information content (AvgIpc) is 2.28. The fourth-order valence-electron chi connectivity index (χ4n) is 1.92. The van der Waals surface area contributed by atoms with Gasteiger partial charge in [0.25, 0.3) is 0 Å². The van der Waals surface area contributed by atoms with E-state index in [2.05, 4.69) is 4.90 Å². The fourth-order valence-corrected chi connectivity index (χ4v) is 2.11. The van der Waals surface area contributed by atoms with Crippen molar-refractivity contribution in [3.05, 3.63) is 0 Å². The minimum atomic E-state index is 0.172. The quantitative estimate of drug-likeness (QED) is 0.729. The van der Waals surface area contributed by atoms with Gasteiger partial charge in [-0.3, -0.25) is 9.69 Å². The molecule has 1 unspecified atom stereocenters. The number of hydrogen-bond acceptors (Lipinski definition) is 3.